The van der Waals surface area contributed by atoms with Gasteiger partial charge < -0.3 is 14.4 Å². The van der Waals surface area contributed by atoms with Gasteiger partial charge in [-0.05, 0) is 51.2 Å². The fourth-order valence-electron chi connectivity index (χ4n) is 3.15. The van der Waals surface area contributed by atoms with Crippen LogP contribution in [0.15, 0.2) is 24.3 Å². The first-order valence-corrected chi connectivity index (χ1v) is 8.90. The minimum Gasteiger partial charge on any atom is -0.490 e. The van der Waals surface area contributed by atoms with E-state index >= 15 is 0 Å². The second-order valence-corrected chi connectivity index (χ2v) is 5.98. The average molecular weight is 319 g/mol. The third-order valence-corrected chi connectivity index (χ3v) is 4.36. The molecule has 1 aliphatic heterocycles. The van der Waals surface area contributed by atoms with Crippen LogP contribution in [-0.2, 0) is 4.79 Å². The van der Waals surface area contributed by atoms with Crippen LogP contribution in [0, 0.1) is 0 Å². The van der Waals surface area contributed by atoms with Crippen LogP contribution < -0.4 is 9.47 Å². The van der Waals surface area contributed by atoms with E-state index in [1.807, 2.05) is 31.2 Å². The number of hydrogen-bond donors (Lipinski definition) is 0. The summed E-state index contributed by atoms with van der Waals surface area (Å²) in [5.74, 6) is 1.80. The minimum absolute atomic E-state index is 0.276. The number of rotatable bonds is 8. The topological polar surface area (TPSA) is 38.8 Å². The summed E-state index contributed by atoms with van der Waals surface area (Å²) in [6, 6.07) is 8.12. The number of ether oxygens (including phenoxy) is 2. The van der Waals surface area contributed by atoms with Crippen LogP contribution in [0.4, 0.5) is 0 Å². The molecule has 23 heavy (non-hydrogen) atoms. The zero-order valence-electron chi connectivity index (χ0n) is 14.4. The summed E-state index contributed by atoms with van der Waals surface area (Å²) in [6.07, 6.45) is 5.91. The van der Waals surface area contributed by atoms with E-state index in [1.165, 1.54) is 6.42 Å². The summed E-state index contributed by atoms with van der Waals surface area (Å²) >= 11 is 0. The van der Waals surface area contributed by atoms with Gasteiger partial charge in [-0.15, -0.1) is 0 Å². The van der Waals surface area contributed by atoms with Crippen LogP contribution in [0.1, 0.15) is 52.4 Å². The summed E-state index contributed by atoms with van der Waals surface area (Å²) in [7, 11) is 0. The highest BCUT2D eigenvalue weighted by molar-refractivity contribution is 5.76. The number of carbonyl (C=O) groups excluding carboxylic acids is 1. The molecule has 4 heteroatoms. The Morgan fingerprint density at radius 3 is 2.61 bits per heavy atom. The van der Waals surface area contributed by atoms with E-state index in [1.54, 1.807) is 0 Å². The second kappa shape index (κ2) is 9.43. The first-order chi connectivity index (χ1) is 11.3. The van der Waals surface area contributed by atoms with Crippen molar-refractivity contribution in [2.45, 2.75) is 58.4 Å². The number of benzene rings is 1. The van der Waals surface area contributed by atoms with Gasteiger partial charge in [0.25, 0.3) is 0 Å². The molecule has 1 aromatic rings. The van der Waals surface area contributed by atoms with Gasteiger partial charge in [0.2, 0.25) is 5.91 Å². The number of para-hydroxylation sites is 2. The van der Waals surface area contributed by atoms with Gasteiger partial charge in [-0.3, -0.25) is 4.79 Å². The third kappa shape index (κ3) is 5.15. The van der Waals surface area contributed by atoms with Gasteiger partial charge in [0.05, 0.1) is 13.2 Å². The molecule has 128 valence electrons. The van der Waals surface area contributed by atoms with Crippen molar-refractivity contribution < 1.29 is 14.3 Å². The SMILES string of the molecule is CCOc1ccccc1OCCCC(=O)N1CCCCC1CC. The van der Waals surface area contributed by atoms with Gasteiger partial charge in [0, 0.05) is 19.0 Å². The van der Waals surface area contributed by atoms with E-state index in [-0.39, 0.29) is 5.91 Å². The Balaban J connectivity index is 1.75. The molecule has 4 nitrogen and oxygen atoms in total. The highest BCUT2D eigenvalue weighted by atomic mass is 16.5. The highest BCUT2D eigenvalue weighted by Crippen LogP contribution is 2.26. The Labute approximate surface area is 139 Å². The lowest BCUT2D eigenvalue weighted by Crippen LogP contribution is -2.43. The van der Waals surface area contributed by atoms with Crippen molar-refractivity contribution in [3.8, 4) is 11.5 Å². The average Bonchev–Trinajstić information content (AvgIpc) is 2.60. The van der Waals surface area contributed by atoms with Gasteiger partial charge in [-0.25, -0.2) is 0 Å². The molecule has 2 rings (SSSR count). The number of piperidine rings is 1. The molecule has 1 heterocycles. The molecule has 1 aliphatic rings. The molecule has 1 amide bonds. The van der Waals surface area contributed by atoms with Crippen LogP contribution in [-0.4, -0.2) is 36.6 Å². The molecular formula is C19H29NO3. The van der Waals surface area contributed by atoms with Crippen molar-refractivity contribution in [3.05, 3.63) is 24.3 Å². The van der Waals surface area contributed by atoms with Gasteiger partial charge in [-0.1, -0.05) is 19.1 Å². The monoisotopic (exact) mass is 319 g/mol. The van der Waals surface area contributed by atoms with Gasteiger partial charge in [0.15, 0.2) is 11.5 Å². The zero-order chi connectivity index (χ0) is 16.5. The quantitative estimate of drug-likeness (QED) is 0.679. The maximum absolute atomic E-state index is 12.4. The van der Waals surface area contributed by atoms with Crippen molar-refractivity contribution in [2.24, 2.45) is 0 Å². The van der Waals surface area contributed by atoms with Crippen molar-refractivity contribution >= 4 is 5.91 Å². The summed E-state index contributed by atoms with van der Waals surface area (Å²) in [6.45, 7) is 6.21. The lowest BCUT2D eigenvalue weighted by molar-refractivity contribution is -0.135. The second-order valence-electron chi connectivity index (χ2n) is 5.98. The largest absolute Gasteiger partial charge is 0.490 e. The Hall–Kier alpha value is -1.71. The first kappa shape index (κ1) is 17.6. The lowest BCUT2D eigenvalue weighted by Gasteiger charge is -2.35. The molecule has 0 spiro atoms. The molecule has 0 radical (unpaired) electrons. The van der Waals surface area contributed by atoms with Crippen LogP contribution in [0.2, 0.25) is 0 Å². The van der Waals surface area contributed by atoms with Crippen molar-refractivity contribution in [2.75, 3.05) is 19.8 Å². The predicted molar refractivity (Wildman–Crippen MR) is 92.0 cm³/mol. The highest BCUT2D eigenvalue weighted by Gasteiger charge is 2.24. The molecule has 0 aliphatic carbocycles. The molecule has 1 aromatic carbocycles. The molecule has 1 saturated heterocycles. The lowest BCUT2D eigenvalue weighted by atomic mass is 9.99. The molecule has 1 unspecified atom stereocenters. The van der Waals surface area contributed by atoms with Crippen LogP contribution in [0.5, 0.6) is 11.5 Å². The predicted octanol–water partition coefficient (Wildman–Crippen LogP) is 4.04. The van der Waals surface area contributed by atoms with Crippen molar-refractivity contribution in [1.82, 2.24) is 4.90 Å². The van der Waals surface area contributed by atoms with Crippen molar-refractivity contribution in [1.29, 1.82) is 0 Å². The van der Waals surface area contributed by atoms with E-state index in [0.29, 0.717) is 25.7 Å². The zero-order valence-corrected chi connectivity index (χ0v) is 14.4. The molecular weight excluding hydrogens is 290 g/mol. The van der Waals surface area contributed by atoms with Gasteiger partial charge in [-0.2, -0.15) is 0 Å². The number of nitrogens with zero attached hydrogens (tertiary/aromatic N) is 1. The van der Waals surface area contributed by atoms with Crippen LogP contribution >= 0.6 is 0 Å². The molecule has 0 saturated carbocycles. The third-order valence-electron chi connectivity index (χ3n) is 4.36. The Kier molecular flexibility index (Phi) is 7.24. The van der Waals surface area contributed by atoms with E-state index in [2.05, 4.69) is 11.8 Å². The van der Waals surface area contributed by atoms with Gasteiger partial charge in [0.1, 0.15) is 0 Å². The summed E-state index contributed by atoms with van der Waals surface area (Å²) in [5.41, 5.74) is 0. The number of carbonyl (C=O) groups is 1. The van der Waals surface area contributed by atoms with Gasteiger partial charge >= 0.3 is 0 Å². The smallest absolute Gasteiger partial charge is 0.222 e. The molecule has 0 aromatic heterocycles. The summed E-state index contributed by atoms with van der Waals surface area (Å²) in [5, 5.41) is 0. The Morgan fingerprint density at radius 1 is 1.17 bits per heavy atom. The summed E-state index contributed by atoms with van der Waals surface area (Å²) in [4.78, 5) is 14.5. The van der Waals surface area contributed by atoms with Crippen LogP contribution in [0.25, 0.3) is 0 Å². The Morgan fingerprint density at radius 2 is 1.91 bits per heavy atom. The van der Waals surface area contributed by atoms with Crippen molar-refractivity contribution in [3.63, 3.8) is 0 Å². The van der Waals surface area contributed by atoms with Crippen LogP contribution in [0.3, 0.4) is 0 Å². The maximum Gasteiger partial charge on any atom is 0.222 e. The number of amides is 1. The molecule has 1 fully saturated rings. The fraction of sp³-hybridized carbons (Fsp3) is 0.632. The summed E-state index contributed by atoms with van der Waals surface area (Å²) < 4.78 is 11.3. The number of hydrogen-bond acceptors (Lipinski definition) is 3. The minimum atomic E-state index is 0.276. The first-order valence-electron chi connectivity index (χ1n) is 8.90. The van der Waals surface area contributed by atoms with E-state index in [0.717, 1.165) is 43.7 Å². The molecule has 0 N–H and O–H groups in total. The Bertz CT molecular complexity index is 489. The fourth-order valence-corrected chi connectivity index (χ4v) is 3.15. The molecule has 0 bridgehead atoms. The standard InChI is InChI=1S/C19H29NO3/c1-3-16-10-7-8-14-20(16)19(21)13-9-15-23-18-12-6-5-11-17(18)22-4-2/h5-6,11-12,16H,3-4,7-10,13-15H2,1-2H3. The molecule has 1 atom stereocenters. The maximum atomic E-state index is 12.4. The van der Waals surface area contributed by atoms with E-state index < -0.39 is 0 Å². The van der Waals surface area contributed by atoms with E-state index in [4.69, 9.17) is 9.47 Å². The normalized spacial score (nSPS) is 17.8. The van der Waals surface area contributed by atoms with E-state index in [9.17, 15) is 4.79 Å². The number of likely N-dealkylation sites (tertiary alicyclic amines) is 1.